The van der Waals surface area contributed by atoms with Crippen LogP contribution in [0.15, 0.2) is 23.3 Å². The van der Waals surface area contributed by atoms with Gasteiger partial charge in [0.1, 0.15) is 6.10 Å². The molecule has 10 aliphatic rings. The minimum Gasteiger partial charge on any atom is -0.481 e. The Kier molecular flexibility index (Phi) is 10.3. The molecule has 2 N–H and O–H groups in total. The van der Waals surface area contributed by atoms with Gasteiger partial charge in [0.15, 0.2) is 0 Å². The highest BCUT2D eigenvalue weighted by Crippen LogP contribution is 2.78. The lowest BCUT2D eigenvalue weighted by Gasteiger charge is -2.71. The number of aliphatic hydroxyl groups excluding tert-OH is 1. The van der Waals surface area contributed by atoms with Crippen LogP contribution in [-0.2, 0) is 14.3 Å². The molecule has 8 fully saturated rings. The maximum Gasteiger partial charge on any atom is 0.312 e. The number of fused-ring (bicyclic) bond motifs is 14. The summed E-state index contributed by atoms with van der Waals surface area (Å²) in [4.78, 5) is 28.9. The molecular formula is C60H94O5. The van der Waals surface area contributed by atoms with Crippen molar-refractivity contribution in [3.63, 3.8) is 0 Å². The first-order chi connectivity index (χ1) is 30.1. The number of esters is 1. The number of aliphatic carboxylic acids is 1. The van der Waals surface area contributed by atoms with Crippen LogP contribution in [0.5, 0.6) is 0 Å². The molecule has 0 aromatic carbocycles. The topological polar surface area (TPSA) is 83.8 Å². The molecule has 0 bridgehead atoms. The number of carboxylic acid groups (broad SMARTS) is 1. The summed E-state index contributed by atoms with van der Waals surface area (Å²) >= 11 is 0. The SMILES string of the molecule is C[C@H]1[C@H](C)CC[C@]2(C(=O)O)CC[C@]3(C)C(=CC[C@@H]4[C@@]5(C)CC[C@H](OC(=O)[C@]67CCC(C)(C)C[C@H]6C6=CCC8[C@@]9(C)CC[C@H](O)C(C)(C)[C@@H]9CC[C@@]8(C)[C@]6(C)CC7)C(C)(C)C5CC[C@]43C)[C@H]12. The first kappa shape index (κ1) is 47.1. The molecule has 2 unspecified atom stereocenters. The predicted octanol–water partition coefficient (Wildman–Crippen LogP) is 14.8. The van der Waals surface area contributed by atoms with Crippen molar-refractivity contribution in [3.8, 4) is 0 Å². The van der Waals surface area contributed by atoms with Crippen LogP contribution in [0.4, 0.5) is 0 Å². The van der Waals surface area contributed by atoms with E-state index in [9.17, 15) is 15.0 Å². The smallest absolute Gasteiger partial charge is 0.312 e. The molecule has 0 aliphatic heterocycles. The number of carbonyl (C=O) groups excluding carboxylic acids is 1. The molecule has 10 rings (SSSR count). The van der Waals surface area contributed by atoms with Crippen molar-refractivity contribution in [3.05, 3.63) is 23.3 Å². The summed E-state index contributed by atoms with van der Waals surface area (Å²) in [5.41, 5.74) is 2.71. The van der Waals surface area contributed by atoms with E-state index in [1.165, 1.54) is 18.4 Å². The number of aliphatic hydroxyl groups is 1. The number of carboxylic acids is 1. The Morgan fingerprint density at radius 2 is 1.09 bits per heavy atom. The van der Waals surface area contributed by atoms with Gasteiger partial charge in [-0.1, -0.05) is 120 Å². The lowest BCUT2D eigenvalue weighted by Crippen LogP contribution is -2.66. The van der Waals surface area contributed by atoms with Gasteiger partial charge >= 0.3 is 11.9 Å². The fourth-order valence-electron chi connectivity index (χ4n) is 21.9. The van der Waals surface area contributed by atoms with Crippen LogP contribution < -0.4 is 0 Å². The molecule has 0 saturated heterocycles. The molecule has 364 valence electrons. The summed E-state index contributed by atoms with van der Waals surface area (Å²) in [6.45, 7) is 35.0. The third kappa shape index (κ3) is 5.78. The lowest BCUT2D eigenvalue weighted by molar-refractivity contribution is -0.224. The Balaban J connectivity index is 0.930. The number of rotatable bonds is 3. The van der Waals surface area contributed by atoms with Crippen LogP contribution in [0.3, 0.4) is 0 Å². The van der Waals surface area contributed by atoms with Gasteiger partial charge in [-0.15, -0.1) is 0 Å². The molecule has 65 heavy (non-hydrogen) atoms. The number of ether oxygens (including phenoxy) is 1. The molecule has 0 radical (unpaired) electrons. The average molecular weight is 895 g/mol. The third-order valence-corrected chi connectivity index (χ3v) is 26.6. The van der Waals surface area contributed by atoms with Gasteiger partial charge in [-0.05, 0) is 213 Å². The van der Waals surface area contributed by atoms with Crippen LogP contribution >= 0.6 is 0 Å². The Morgan fingerprint density at radius 3 is 1.69 bits per heavy atom. The quantitative estimate of drug-likeness (QED) is 0.218. The van der Waals surface area contributed by atoms with E-state index in [0.29, 0.717) is 35.5 Å². The van der Waals surface area contributed by atoms with Gasteiger partial charge in [-0.3, -0.25) is 9.59 Å². The molecule has 0 amide bonds. The first-order valence-electron chi connectivity index (χ1n) is 27.6. The van der Waals surface area contributed by atoms with Crippen molar-refractivity contribution < 1.29 is 24.5 Å². The second kappa shape index (κ2) is 14.3. The Labute approximate surface area is 396 Å². The molecule has 5 nitrogen and oxygen atoms in total. The van der Waals surface area contributed by atoms with Crippen molar-refractivity contribution in [2.45, 2.75) is 231 Å². The number of hydrogen-bond donors (Lipinski definition) is 2. The largest absolute Gasteiger partial charge is 0.481 e. The highest BCUT2D eigenvalue weighted by atomic mass is 16.5. The Morgan fingerprint density at radius 1 is 0.569 bits per heavy atom. The number of carbonyl (C=O) groups is 2. The fourth-order valence-corrected chi connectivity index (χ4v) is 21.9. The van der Waals surface area contributed by atoms with E-state index >= 15 is 4.79 Å². The standard InChI is InChI=1S/C60H94O5/c1-36-19-28-60(48(62)63)34-31-56(12)39(47(60)37(36)2)16-18-44-54(10)25-23-46(52(7,8)42(54)21-27-58(44,56)14)65-49(64)59-32-29-50(3,4)35-40(59)38-15-17-43-53(9)24-22-45(61)51(5,6)41(53)20-26-57(43,13)55(38,11)30-33-59/h15-16,36-37,40-47,61H,17-35H2,1-14H3,(H,62,63)/t36-,37+,40+,41+,42?,43?,44-,45+,46+,47+,53+,54+,55-,56-,57-,58-,59+,60+/m1/s1. The van der Waals surface area contributed by atoms with Gasteiger partial charge in [0.05, 0.1) is 16.9 Å². The summed E-state index contributed by atoms with van der Waals surface area (Å²) in [7, 11) is 0. The van der Waals surface area contributed by atoms with Crippen LogP contribution in [0.2, 0.25) is 0 Å². The van der Waals surface area contributed by atoms with Gasteiger partial charge in [0.2, 0.25) is 0 Å². The lowest BCUT2D eigenvalue weighted by atomic mass is 9.33. The van der Waals surface area contributed by atoms with E-state index < -0.39 is 16.8 Å². The first-order valence-corrected chi connectivity index (χ1v) is 27.6. The van der Waals surface area contributed by atoms with Crippen molar-refractivity contribution in [1.82, 2.24) is 0 Å². The summed E-state index contributed by atoms with van der Waals surface area (Å²) in [5, 5.41) is 22.2. The zero-order valence-corrected chi connectivity index (χ0v) is 44.0. The minimum atomic E-state index is -0.613. The van der Waals surface area contributed by atoms with E-state index in [2.05, 4.69) is 109 Å². The van der Waals surface area contributed by atoms with Gasteiger partial charge in [0.25, 0.3) is 0 Å². The zero-order valence-electron chi connectivity index (χ0n) is 44.0. The van der Waals surface area contributed by atoms with Gasteiger partial charge < -0.3 is 14.9 Å². The van der Waals surface area contributed by atoms with Crippen molar-refractivity contribution in [1.29, 1.82) is 0 Å². The molecular weight excluding hydrogens is 801 g/mol. The summed E-state index contributed by atoms with van der Waals surface area (Å²) in [5.74, 6) is 2.98. The molecule has 5 heteroatoms. The summed E-state index contributed by atoms with van der Waals surface area (Å²) in [6.07, 6.45) is 24.7. The molecule has 0 heterocycles. The zero-order chi connectivity index (χ0) is 47.1. The highest BCUT2D eigenvalue weighted by Gasteiger charge is 2.72. The second-order valence-corrected chi connectivity index (χ2v) is 29.6. The molecule has 18 atom stereocenters. The summed E-state index contributed by atoms with van der Waals surface area (Å²) in [6, 6.07) is 0. The van der Waals surface area contributed by atoms with Crippen LogP contribution in [0.1, 0.15) is 219 Å². The number of allylic oxidation sites excluding steroid dienone is 4. The molecule has 0 spiro atoms. The highest BCUT2D eigenvalue weighted by molar-refractivity contribution is 5.79. The molecule has 0 aromatic rings. The van der Waals surface area contributed by atoms with Crippen molar-refractivity contribution >= 4 is 11.9 Å². The second-order valence-electron chi connectivity index (χ2n) is 29.6. The van der Waals surface area contributed by atoms with E-state index in [1.54, 1.807) is 5.57 Å². The van der Waals surface area contributed by atoms with Crippen molar-refractivity contribution in [2.75, 3.05) is 0 Å². The van der Waals surface area contributed by atoms with E-state index in [4.69, 9.17) is 4.74 Å². The molecule has 0 aromatic heterocycles. The van der Waals surface area contributed by atoms with Gasteiger partial charge in [-0.2, -0.15) is 0 Å². The van der Waals surface area contributed by atoms with Crippen molar-refractivity contribution in [2.24, 2.45) is 107 Å². The van der Waals surface area contributed by atoms with E-state index in [1.807, 2.05) is 0 Å². The normalized spacial score (nSPS) is 54.8. The third-order valence-electron chi connectivity index (χ3n) is 26.6. The fraction of sp³-hybridized carbons (Fsp3) is 0.900. The van der Waals surface area contributed by atoms with Gasteiger partial charge in [-0.25, -0.2) is 0 Å². The van der Waals surface area contributed by atoms with E-state index in [0.717, 1.165) is 109 Å². The summed E-state index contributed by atoms with van der Waals surface area (Å²) < 4.78 is 7.26. The average Bonchev–Trinajstić information content (AvgIpc) is 3.22. The minimum absolute atomic E-state index is 0.00211. The molecule has 8 saturated carbocycles. The van der Waals surface area contributed by atoms with Crippen LogP contribution in [-0.4, -0.2) is 34.4 Å². The Hall–Kier alpha value is -1.62. The monoisotopic (exact) mass is 895 g/mol. The maximum absolute atomic E-state index is 15.6. The van der Waals surface area contributed by atoms with Crippen LogP contribution in [0.25, 0.3) is 0 Å². The maximum atomic E-state index is 15.6. The Bertz CT molecular complexity index is 2060. The van der Waals surface area contributed by atoms with Gasteiger partial charge in [0, 0.05) is 5.41 Å². The van der Waals surface area contributed by atoms with Crippen LogP contribution in [0, 0.1) is 107 Å². The predicted molar refractivity (Wildman–Crippen MR) is 262 cm³/mol. The number of hydrogen-bond acceptors (Lipinski definition) is 4. The molecule has 10 aliphatic carbocycles. The van der Waals surface area contributed by atoms with E-state index in [-0.39, 0.29) is 78.7 Å².